The van der Waals surface area contributed by atoms with Crippen molar-refractivity contribution >= 4 is 5.91 Å². The van der Waals surface area contributed by atoms with Crippen molar-refractivity contribution < 1.29 is 9.90 Å². The zero-order chi connectivity index (χ0) is 10.5. The molecule has 4 nitrogen and oxygen atoms in total. The van der Waals surface area contributed by atoms with Crippen LogP contribution in [0.4, 0.5) is 0 Å². The van der Waals surface area contributed by atoms with Crippen LogP contribution in [-0.4, -0.2) is 42.2 Å². The molecule has 0 aromatic carbocycles. The molecule has 13 heavy (non-hydrogen) atoms. The summed E-state index contributed by atoms with van der Waals surface area (Å²) in [6.07, 6.45) is 0. The van der Waals surface area contributed by atoms with E-state index in [4.69, 9.17) is 10.8 Å². The number of nitrogens with zero attached hydrogens (tertiary/aromatic N) is 1. The van der Waals surface area contributed by atoms with E-state index in [2.05, 4.69) is 0 Å². The van der Waals surface area contributed by atoms with E-state index in [9.17, 15) is 4.79 Å². The Bertz CT molecular complexity index is 169. The molecule has 0 heterocycles. The molecule has 0 saturated carbocycles. The van der Waals surface area contributed by atoms with Crippen LogP contribution in [0, 0.1) is 5.41 Å². The van der Waals surface area contributed by atoms with Gasteiger partial charge in [-0.25, -0.2) is 0 Å². The van der Waals surface area contributed by atoms with Gasteiger partial charge in [0.15, 0.2) is 0 Å². The number of aliphatic hydroxyl groups is 1. The van der Waals surface area contributed by atoms with Gasteiger partial charge >= 0.3 is 0 Å². The molecule has 0 aromatic heterocycles. The summed E-state index contributed by atoms with van der Waals surface area (Å²) in [4.78, 5) is 13.4. The van der Waals surface area contributed by atoms with Crippen molar-refractivity contribution in [2.45, 2.75) is 20.8 Å². The van der Waals surface area contributed by atoms with Gasteiger partial charge in [0.05, 0.1) is 12.0 Å². The van der Waals surface area contributed by atoms with Gasteiger partial charge in [0.25, 0.3) is 0 Å². The molecule has 0 radical (unpaired) electrons. The van der Waals surface area contributed by atoms with Crippen molar-refractivity contribution in [3.63, 3.8) is 0 Å². The summed E-state index contributed by atoms with van der Waals surface area (Å²) in [7, 11) is 0. The minimum absolute atomic E-state index is 0.000230. The molecule has 0 aliphatic carbocycles. The van der Waals surface area contributed by atoms with Gasteiger partial charge in [0, 0.05) is 19.6 Å². The smallest absolute Gasteiger partial charge is 0.229 e. The molecule has 0 aromatic rings. The van der Waals surface area contributed by atoms with E-state index in [0.29, 0.717) is 19.6 Å². The number of carbonyl (C=O) groups is 1. The molecule has 0 atom stereocenters. The number of rotatable bonds is 5. The minimum Gasteiger partial charge on any atom is -0.395 e. The lowest BCUT2D eigenvalue weighted by Gasteiger charge is -2.29. The largest absolute Gasteiger partial charge is 0.395 e. The molecular weight excluding hydrogens is 168 g/mol. The van der Waals surface area contributed by atoms with Crippen molar-refractivity contribution in [1.29, 1.82) is 0 Å². The second kappa shape index (κ2) is 5.19. The number of nitrogens with two attached hydrogens (primary N) is 1. The lowest BCUT2D eigenvalue weighted by Crippen LogP contribution is -2.45. The summed E-state index contributed by atoms with van der Waals surface area (Å²) in [5.41, 5.74) is 4.96. The third-order valence-corrected chi connectivity index (χ3v) is 2.13. The molecule has 0 aliphatic heterocycles. The van der Waals surface area contributed by atoms with Crippen molar-refractivity contribution in [3.05, 3.63) is 0 Å². The zero-order valence-corrected chi connectivity index (χ0v) is 8.71. The van der Waals surface area contributed by atoms with Crippen LogP contribution in [0.25, 0.3) is 0 Å². The molecule has 0 bridgehead atoms. The normalized spacial score (nSPS) is 11.5. The maximum Gasteiger partial charge on any atom is 0.229 e. The maximum atomic E-state index is 11.8. The number of amides is 1. The van der Waals surface area contributed by atoms with Gasteiger partial charge in [0.1, 0.15) is 0 Å². The van der Waals surface area contributed by atoms with E-state index in [1.54, 1.807) is 4.90 Å². The van der Waals surface area contributed by atoms with E-state index >= 15 is 0 Å². The molecule has 0 aliphatic rings. The highest BCUT2D eigenvalue weighted by atomic mass is 16.3. The second-order valence-corrected chi connectivity index (χ2v) is 3.70. The number of hydrogen-bond donors (Lipinski definition) is 2. The van der Waals surface area contributed by atoms with Gasteiger partial charge in [-0.05, 0) is 20.8 Å². The molecule has 0 saturated heterocycles. The second-order valence-electron chi connectivity index (χ2n) is 3.70. The van der Waals surface area contributed by atoms with Crippen LogP contribution in [0.2, 0.25) is 0 Å². The summed E-state index contributed by atoms with van der Waals surface area (Å²) >= 11 is 0. The van der Waals surface area contributed by atoms with Crippen LogP contribution in [0.1, 0.15) is 20.8 Å². The van der Waals surface area contributed by atoms with Gasteiger partial charge in [0.2, 0.25) is 5.91 Å². The average Bonchev–Trinajstić information content (AvgIpc) is 2.13. The topological polar surface area (TPSA) is 66.6 Å². The maximum absolute atomic E-state index is 11.8. The summed E-state index contributed by atoms with van der Waals surface area (Å²) < 4.78 is 0. The van der Waals surface area contributed by atoms with Gasteiger partial charge in [-0.1, -0.05) is 0 Å². The van der Waals surface area contributed by atoms with Crippen LogP contribution in [0.5, 0.6) is 0 Å². The summed E-state index contributed by atoms with van der Waals surface area (Å²) in [5, 5.41) is 8.73. The Labute approximate surface area is 79.7 Å². The fourth-order valence-corrected chi connectivity index (χ4v) is 1.04. The third-order valence-electron chi connectivity index (χ3n) is 2.13. The SMILES string of the molecule is CCN(CCO)C(=O)C(C)(C)CN. The Hall–Kier alpha value is -0.610. The fourth-order valence-electron chi connectivity index (χ4n) is 1.04. The monoisotopic (exact) mass is 188 g/mol. The molecule has 0 spiro atoms. The first kappa shape index (κ1) is 12.4. The Morgan fingerprint density at radius 1 is 1.54 bits per heavy atom. The number of carbonyl (C=O) groups excluding carboxylic acids is 1. The van der Waals surface area contributed by atoms with Crippen LogP contribution in [0.15, 0.2) is 0 Å². The summed E-state index contributed by atoms with van der Waals surface area (Å²) in [6.45, 7) is 6.85. The standard InChI is InChI=1S/C9H20N2O2/c1-4-11(5-6-12)8(13)9(2,3)7-10/h12H,4-7,10H2,1-3H3. The Kier molecular flexibility index (Phi) is 4.95. The van der Waals surface area contributed by atoms with Gasteiger partial charge < -0.3 is 15.7 Å². The molecule has 0 fully saturated rings. The molecule has 3 N–H and O–H groups in total. The predicted molar refractivity (Wildman–Crippen MR) is 52.2 cm³/mol. The molecule has 1 amide bonds. The van der Waals surface area contributed by atoms with Crippen LogP contribution in [-0.2, 0) is 4.79 Å². The quantitative estimate of drug-likeness (QED) is 0.628. The first-order valence-electron chi connectivity index (χ1n) is 4.60. The Morgan fingerprint density at radius 2 is 2.08 bits per heavy atom. The minimum atomic E-state index is -0.523. The molecule has 78 valence electrons. The molecule has 0 rings (SSSR count). The third kappa shape index (κ3) is 3.32. The first-order valence-corrected chi connectivity index (χ1v) is 4.60. The van der Waals surface area contributed by atoms with Crippen LogP contribution in [0.3, 0.4) is 0 Å². The molecular formula is C9H20N2O2. The van der Waals surface area contributed by atoms with Gasteiger partial charge in [-0.3, -0.25) is 4.79 Å². The number of likely N-dealkylation sites (N-methyl/N-ethyl adjacent to an activating group) is 1. The van der Waals surface area contributed by atoms with Crippen LogP contribution >= 0.6 is 0 Å². The van der Waals surface area contributed by atoms with E-state index < -0.39 is 5.41 Å². The van der Waals surface area contributed by atoms with E-state index in [1.165, 1.54) is 0 Å². The van der Waals surface area contributed by atoms with Crippen molar-refractivity contribution in [1.82, 2.24) is 4.90 Å². The zero-order valence-electron chi connectivity index (χ0n) is 8.71. The highest BCUT2D eigenvalue weighted by Crippen LogP contribution is 2.16. The highest BCUT2D eigenvalue weighted by Gasteiger charge is 2.29. The Balaban J connectivity index is 4.36. The summed E-state index contributed by atoms with van der Waals surface area (Å²) in [6, 6.07) is 0. The number of hydrogen-bond acceptors (Lipinski definition) is 3. The first-order chi connectivity index (χ1) is 5.99. The lowest BCUT2D eigenvalue weighted by atomic mass is 9.92. The van der Waals surface area contributed by atoms with E-state index in [1.807, 2.05) is 20.8 Å². The van der Waals surface area contributed by atoms with E-state index in [-0.39, 0.29) is 12.5 Å². The van der Waals surface area contributed by atoms with Gasteiger partial charge in [-0.15, -0.1) is 0 Å². The Morgan fingerprint density at radius 3 is 2.38 bits per heavy atom. The van der Waals surface area contributed by atoms with Crippen molar-refractivity contribution in [2.24, 2.45) is 11.1 Å². The van der Waals surface area contributed by atoms with Gasteiger partial charge in [-0.2, -0.15) is 0 Å². The van der Waals surface area contributed by atoms with Crippen molar-refractivity contribution in [2.75, 3.05) is 26.2 Å². The fraction of sp³-hybridized carbons (Fsp3) is 0.889. The van der Waals surface area contributed by atoms with E-state index in [0.717, 1.165) is 0 Å². The molecule has 0 unspecified atom stereocenters. The summed E-state index contributed by atoms with van der Waals surface area (Å²) in [5.74, 6) is 0.00606. The lowest BCUT2D eigenvalue weighted by molar-refractivity contribution is -0.140. The van der Waals surface area contributed by atoms with Crippen LogP contribution < -0.4 is 5.73 Å². The average molecular weight is 188 g/mol. The number of aliphatic hydroxyl groups excluding tert-OH is 1. The predicted octanol–water partition coefficient (Wildman–Crippen LogP) is -0.188. The van der Waals surface area contributed by atoms with Crippen molar-refractivity contribution in [3.8, 4) is 0 Å². The molecule has 4 heteroatoms. The highest BCUT2D eigenvalue weighted by molar-refractivity contribution is 5.82.